The van der Waals surface area contributed by atoms with Crippen molar-refractivity contribution in [3.8, 4) is 0 Å². The second-order valence-corrected chi connectivity index (χ2v) is 5.32. The molecule has 0 radical (unpaired) electrons. The maximum absolute atomic E-state index is 11.8. The van der Waals surface area contributed by atoms with Crippen LogP contribution in [0.25, 0.3) is 0 Å². The summed E-state index contributed by atoms with van der Waals surface area (Å²) < 4.78 is 0. The van der Waals surface area contributed by atoms with Crippen molar-refractivity contribution in [2.75, 3.05) is 13.7 Å². The van der Waals surface area contributed by atoms with E-state index in [-0.39, 0.29) is 24.7 Å². The fraction of sp³-hybridized carbons (Fsp3) is 0.923. The van der Waals surface area contributed by atoms with E-state index in [4.69, 9.17) is 5.11 Å². The van der Waals surface area contributed by atoms with Gasteiger partial charge < -0.3 is 15.3 Å². The number of carbonyl (C=O) groups excluding carboxylic acids is 1. The van der Waals surface area contributed by atoms with Crippen LogP contribution in [0.1, 0.15) is 47.0 Å². The van der Waals surface area contributed by atoms with Crippen molar-refractivity contribution in [2.45, 2.75) is 59.0 Å². The van der Waals surface area contributed by atoms with E-state index in [1.54, 1.807) is 11.9 Å². The van der Waals surface area contributed by atoms with Gasteiger partial charge in [-0.15, -0.1) is 0 Å². The second kappa shape index (κ2) is 8.34. The molecule has 17 heavy (non-hydrogen) atoms. The third-order valence-electron chi connectivity index (χ3n) is 3.03. The third kappa shape index (κ3) is 7.21. The van der Waals surface area contributed by atoms with Crippen LogP contribution >= 0.6 is 0 Å². The first-order valence-corrected chi connectivity index (χ1v) is 6.52. The van der Waals surface area contributed by atoms with Gasteiger partial charge in [-0.2, -0.15) is 0 Å². The number of aliphatic hydroxyl groups is 1. The predicted octanol–water partition coefficient (Wildman–Crippen LogP) is 2.22. The summed E-state index contributed by atoms with van der Waals surface area (Å²) in [5.74, 6) is 0.718. The summed E-state index contributed by atoms with van der Waals surface area (Å²) in [6, 6.07) is -0.0592. The smallest absolute Gasteiger partial charge is 0.317 e. The summed E-state index contributed by atoms with van der Waals surface area (Å²) in [7, 11) is 1.71. The molecule has 0 aromatic heterocycles. The highest BCUT2D eigenvalue weighted by atomic mass is 16.3. The monoisotopic (exact) mass is 244 g/mol. The number of aliphatic hydroxyl groups excluding tert-OH is 1. The average molecular weight is 244 g/mol. The normalized spacial score (nSPS) is 14.5. The van der Waals surface area contributed by atoms with E-state index in [1.165, 1.54) is 6.42 Å². The van der Waals surface area contributed by atoms with Crippen molar-refractivity contribution in [1.82, 2.24) is 10.2 Å². The zero-order valence-electron chi connectivity index (χ0n) is 11.9. The molecule has 0 saturated carbocycles. The Labute approximate surface area is 105 Å². The first-order chi connectivity index (χ1) is 7.88. The topological polar surface area (TPSA) is 52.6 Å². The summed E-state index contributed by atoms with van der Waals surface area (Å²) in [5, 5.41) is 11.9. The minimum absolute atomic E-state index is 0.00828. The average Bonchev–Trinajstić information content (AvgIpc) is 2.26. The number of carbonyl (C=O) groups is 1. The lowest BCUT2D eigenvalue weighted by Crippen LogP contribution is -2.46. The molecular formula is C13H28N2O2. The minimum Gasteiger partial charge on any atom is -0.394 e. The molecule has 0 aromatic rings. The van der Waals surface area contributed by atoms with E-state index < -0.39 is 0 Å². The Morgan fingerprint density at radius 3 is 2.29 bits per heavy atom. The number of likely N-dealkylation sites (N-methyl/N-ethyl adjacent to an activating group) is 1. The SMILES string of the molecule is CC(C)CCCC(C)NC(=O)N(C)C(C)CO. The van der Waals surface area contributed by atoms with E-state index in [0.29, 0.717) is 0 Å². The lowest BCUT2D eigenvalue weighted by molar-refractivity contribution is 0.155. The zero-order valence-corrected chi connectivity index (χ0v) is 11.9. The van der Waals surface area contributed by atoms with Crippen LogP contribution in [0.5, 0.6) is 0 Å². The molecule has 4 heteroatoms. The van der Waals surface area contributed by atoms with E-state index in [2.05, 4.69) is 19.2 Å². The molecule has 0 aliphatic carbocycles. The largest absolute Gasteiger partial charge is 0.394 e. The minimum atomic E-state index is -0.141. The predicted molar refractivity (Wildman–Crippen MR) is 71.0 cm³/mol. The first-order valence-electron chi connectivity index (χ1n) is 6.52. The third-order valence-corrected chi connectivity index (χ3v) is 3.03. The van der Waals surface area contributed by atoms with Gasteiger partial charge >= 0.3 is 6.03 Å². The van der Waals surface area contributed by atoms with Crippen molar-refractivity contribution < 1.29 is 9.90 Å². The van der Waals surface area contributed by atoms with Crippen LogP contribution < -0.4 is 5.32 Å². The van der Waals surface area contributed by atoms with Crippen molar-refractivity contribution >= 4 is 6.03 Å². The van der Waals surface area contributed by atoms with Gasteiger partial charge in [-0.05, 0) is 26.2 Å². The van der Waals surface area contributed by atoms with Gasteiger partial charge in [0.15, 0.2) is 0 Å². The number of urea groups is 1. The summed E-state index contributed by atoms with van der Waals surface area (Å²) in [5.41, 5.74) is 0. The molecule has 2 N–H and O–H groups in total. The molecule has 0 saturated heterocycles. The van der Waals surface area contributed by atoms with Crippen LogP contribution in [0, 0.1) is 5.92 Å². The number of hydrogen-bond donors (Lipinski definition) is 2. The molecule has 0 bridgehead atoms. The highest BCUT2D eigenvalue weighted by molar-refractivity contribution is 5.74. The van der Waals surface area contributed by atoms with Crippen molar-refractivity contribution in [3.63, 3.8) is 0 Å². The number of nitrogens with zero attached hydrogens (tertiary/aromatic N) is 1. The van der Waals surface area contributed by atoms with E-state index >= 15 is 0 Å². The molecule has 2 amide bonds. The van der Waals surface area contributed by atoms with Gasteiger partial charge in [0, 0.05) is 13.1 Å². The van der Waals surface area contributed by atoms with Crippen molar-refractivity contribution in [3.05, 3.63) is 0 Å². The summed E-state index contributed by atoms with van der Waals surface area (Å²) >= 11 is 0. The molecule has 0 heterocycles. The molecule has 0 aliphatic rings. The van der Waals surface area contributed by atoms with Gasteiger partial charge in [0.1, 0.15) is 0 Å². The number of rotatable bonds is 7. The highest BCUT2D eigenvalue weighted by Gasteiger charge is 2.16. The van der Waals surface area contributed by atoms with Gasteiger partial charge in [0.05, 0.1) is 12.6 Å². The number of amides is 2. The molecule has 2 unspecified atom stereocenters. The Kier molecular flexibility index (Phi) is 7.96. The van der Waals surface area contributed by atoms with Gasteiger partial charge in [0.25, 0.3) is 0 Å². The Morgan fingerprint density at radius 1 is 1.24 bits per heavy atom. The molecule has 0 aromatic carbocycles. The fourth-order valence-electron chi connectivity index (χ4n) is 1.54. The molecule has 0 rings (SSSR count). The maximum Gasteiger partial charge on any atom is 0.317 e. The Hall–Kier alpha value is -0.770. The van der Waals surface area contributed by atoms with E-state index in [1.807, 2.05) is 13.8 Å². The quantitative estimate of drug-likeness (QED) is 0.721. The van der Waals surface area contributed by atoms with E-state index in [9.17, 15) is 4.79 Å². The van der Waals surface area contributed by atoms with Gasteiger partial charge in [0.2, 0.25) is 0 Å². The van der Waals surface area contributed by atoms with Gasteiger partial charge in [-0.1, -0.05) is 26.7 Å². The van der Waals surface area contributed by atoms with Crippen molar-refractivity contribution in [2.24, 2.45) is 5.92 Å². The maximum atomic E-state index is 11.8. The zero-order chi connectivity index (χ0) is 13.4. The molecule has 0 fully saturated rings. The lowest BCUT2D eigenvalue weighted by Gasteiger charge is -2.25. The Morgan fingerprint density at radius 2 is 1.82 bits per heavy atom. The van der Waals surface area contributed by atoms with Gasteiger partial charge in [-0.25, -0.2) is 4.79 Å². The highest BCUT2D eigenvalue weighted by Crippen LogP contribution is 2.08. The molecular weight excluding hydrogens is 216 g/mol. The molecule has 4 nitrogen and oxygen atoms in total. The Balaban J connectivity index is 3.87. The molecule has 102 valence electrons. The Bertz CT molecular complexity index is 219. The standard InChI is InChI=1S/C13H28N2O2/c1-10(2)7-6-8-11(3)14-13(17)15(5)12(4)9-16/h10-12,16H,6-9H2,1-5H3,(H,14,17). The van der Waals surface area contributed by atoms with Crippen LogP contribution in [0.15, 0.2) is 0 Å². The summed E-state index contributed by atoms with van der Waals surface area (Å²) in [6.07, 6.45) is 3.34. The van der Waals surface area contributed by atoms with Crippen LogP contribution in [0.3, 0.4) is 0 Å². The molecule has 0 spiro atoms. The summed E-state index contributed by atoms with van der Waals surface area (Å²) in [4.78, 5) is 13.3. The lowest BCUT2D eigenvalue weighted by atomic mass is 10.0. The van der Waals surface area contributed by atoms with Crippen molar-refractivity contribution in [1.29, 1.82) is 0 Å². The fourth-order valence-corrected chi connectivity index (χ4v) is 1.54. The van der Waals surface area contributed by atoms with Gasteiger partial charge in [-0.3, -0.25) is 0 Å². The first kappa shape index (κ1) is 16.2. The van der Waals surface area contributed by atoms with E-state index in [0.717, 1.165) is 18.8 Å². The summed E-state index contributed by atoms with van der Waals surface area (Å²) in [6.45, 7) is 8.25. The number of hydrogen-bond acceptors (Lipinski definition) is 2. The van der Waals surface area contributed by atoms with Crippen LogP contribution in [-0.2, 0) is 0 Å². The second-order valence-electron chi connectivity index (χ2n) is 5.32. The van der Waals surface area contributed by atoms with Crippen LogP contribution in [0.4, 0.5) is 4.79 Å². The van der Waals surface area contributed by atoms with Crippen LogP contribution in [-0.4, -0.2) is 41.8 Å². The molecule has 0 aliphatic heterocycles. The molecule has 2 atom stereocenters. The number of nitrogens with one attached hydrogen (secondary N) is 1. The van der Waals surface area contributed by atoms with Crippen LogP contribution in [0.2, 0.25) is 0 Å².